The van der Waals surface area contributed by atoms with Crippen LogP contribution in [0.2, 0.25) is 0 Å². The molecule has 90 valence electrons. The number of nitrogen functional groups attached to an aromatic ring is 1. The summed E-state index contributed by atoms with van der Waals surface area (Å²) in [6, 6.07) is 12.4. The Morgan fingerprint density at radius 2 is 1.94 bits per heavy atom. The first-order chi connectivity index (χ1) is 8.66. The molecule has 3 nitrogen and oxygen atoms in total. The van der Waals surface area contributed by atoms with Crippen LogP contribution in [0.25, 0.3) is 16.7 Å². The van der Waals surface area contributed by atoms with Crippen molar-refractivity contribution >= 4 is 32.9 Å². The summed E-state index contributed by atoms with van der Waals surface area (Å²) in [7, 11) is 0. The van der Waals surface area contributed by atoms with Crippen LogP contribution in [0.15, 0.2) is 46.9 Å². The van der Waals surface area contributed by atoms with E-state index in [0.717, 1.165) is 11.0 Å². The minimum atomic E-state index is -0.329. The van der Waals surface area contributed by atoms with Crippen molar-refractivity contribution in [3.8, 4) is 5.69 Å². The summed E-state index contributed by atoms with van der Waals surface area (Å²) in [4.78, 5) is 4.25. The lowest BCUT2D eigenvalue weighted by molar-refractivity contribution is 0.620. The normalized spacial score (nSPS) is 11.0. The van der Waals surface area contributed by atoms with E-state index in [1.807, 2.05) is 24.3 Å². The first-order valence-electron chi connectivity index (χ1n) is 5.35. The van der Waals surface area contributed by atoms with E-state index in [0.29, 0.717) is 16.1 Å². The Morgan fingerprint density at radius 1 is 1.17 bits per heavy atom. The number of imidazole rings is 1. The van der Waals surface area contributed by atoms with Crippen molar-refractivity contribution in [3.63, 3.8) is 0 Å². The fourth-order valence-corrected chi connectivity index (χ4v) is 2.19. The predicted molar refractivity (Wildman–Crippen MR) is 73.1 cm³/mol. The quantitative estimate of drug-likeness (QED) is 0.747. The van der Waals surface area contributed by atoms with Gasteiger partial charge in [0.05, 0.1) is 21.2 Å². The van der Waals surface area contributed by atoms with E-state index in [2.05, 4.69) is 20.9 Å². The zero-order valence-corrected chi connectivity index (χ0v) is 10.9. The van der Waals surface area contributed by atoms with Gasteiger partial charge < -0.3 is 5.73 Å². The Morgan fingerprint density at radius 3 is 2.72 bits per heavy atom. The Bertz CT molecular complexity index is 736. The lowest BCUT2D eigenvalue weighted by Crippen LogP contribution is -2.01. The number of rotatable bonds is 1. The molecule has 3 rings (SSSR count). The molecule has 2 N–H and O–H groups in total. The van der Waals surface area contributed by atoms with Gasteiger partial charge in [-0.05, 0) is 46.3 Å². The molecule has 1 heterocycles. The molecule has 0 saturated heterocycles. The molecule has 18 heavy (non-hydrogen) atoms. The van der Waals surface area contributed by atoms with Gasteiger partial charge in [0, 0.05) is 0 Å². The van der Waals surface area contributed by atoms with Crippen LogP contribution < -0.4 is 5.73 Å². The van der Waals surface area contributed by atoms with E-state index in [1.165, 1.54) is 6.07 Å². The van der Waals surface area contributed by atoms with Crippen molar-refractivity contribution in [2.45, 2.75) is 0 Å². The second-order valence-corrected chi connectivity index (χ2v) is 4.75. The Hall–Kier alpha value is -1.88. The number of nitrogens with two attached hydrogens (primary N) is 1. The van der Waals surface area contributed by atoms with Gasteiger partial charge in [-0.25, -0.2) is 9.37 Å². The molecule has 0 aliphatic heterocycles. The number of para-hydroxylation sites is 2. The minimum Gasteiger partial charge on any atom is -0.369 e. The minimum absolute atomic E-state index is 0.329. The number of nitrogens with zero attached hydrogens (tertiary/aromatic N) is 2. The summed E-state index contributed by atoms with van der Waals surface area (Å²) in [5.41, 5.74) is 8.19. The Labute approximate surface area is 111 Å². The number of halogens is 2. The second-order valence-electron chi connectivity index (χ2n) is 3.89. The number of hydrogen-bond donors (Lipinski definition) is 1. The van der Waals surface area contributed by atoms with Crippen LogP contribution in [0, 0.1) is 5.82 Å². The zero-order chi connectivity index (χ0) is 12.7. The highest BCUT2D eigenvalue weighted by atomic mass is 79.9. The molecule has 1 aromatic heterocycles. The highest BCUT2D eigenvalue weighted by Gasteiger charge is 2.10. The monoisotopic (exact) mass is 305 g/mol. The molecule has 0 fully saturated rings. The van der Waals surface area contributed by atoms with Gasteiger partial charge in [-0.3, -0.25) is 4.57 Å². The van der Waals surface area contributed by atoms with Gasteiger partial charge in [-0.2, -0.15) is 0 Å². The number of hydrogen-bond acceptors (Lipinski definition) is 2. The summed E-state index contributed by atoms with van der Waals surface area (Å²) >= 11 is 3.13. The van der Waals surface area contributed by atoms with E-state index in [4.69, 9.17) is 5.73 Å². The van der Waals surface area contributed by atoms with E-state index >= 15 is 0 Å². The molecule has 0 radical (unpaired) electrons. The largest absolute Gasteiger partial charge is 0.369 e. The van der Waals surface area contributed by atoms with E-state index in [9.17, 15) is 4.39 Å². The van der Waals surface area contributed by atoms with Crippen LogP contribution >= 0.6 is 15.9 Å². The third kappa shape index (κ3) is 1.67. The van der Waals surface area contributed by atoms with Gasteiger partial charge in [0.15, 0.2) is 0 Å². The summed E-state index contributed by atoms with van der Waals surface area (Å²) in [6.07, 6.45) is 0. The first-order valence-corrected chi connectivity index (χ1v) is 6.14. The molecule has 2 aromatic carbocycles. The number of benzene rings is 2. The Balaban J connectivity index is 2.30. The van der Waals surface area contributed by atoms with Crippen molar-refractivity contribution in [1.29, 1.82) is 0 Å². The SMILES string of the molecule is Nc1nc2ccccc2n1-c1ccc(Br)c(F)c1. The van der Waals surface area contributed by atoms with Gasteiger partial charge in [0.25, 0.3) is 0 Å². The molecular weight excluding hydrogens is 297 g/mol. The maximum absolute atomic E-state index is 13.6. The van der Waals surface area contributed by atoms with Crippen molar-refractivity contribution in [1.82, 2.24) is 9.55 Å². The highest BCUT2D eigenvalue weighted by molar-refractivity contribution is 9.10. The fraction of sp³-hybridized carbons (Fsp3) is 0. The summed E-state index contributed by atoms with van der Waals surface area (Å²) in [6.45, 7) is 0. The van der Waals surface area contributed by atoms with Crippen molar-refractivity contribution in [2.75, 3.05) is 5.73 Å². The molecule has 0 saturated carbocycles. The lowest BCUT2D eigenvalue weighted by Gasteiger charge is -2.07. The predicted octanol–water partition coefficient (Wildman–Crippen LogP) is 3.51. The van der Waals surface area contributed by atoms with Crippen LogP contribution in [0.3, 0.4) is 0 Å². The number of aromatic nitrogens is 2. The number of anilines is 1. The summed E-state index contributed by atoms with van der Waals surface area (Å²) < 4.78 is 15.7. The van der Waals surface area contributed by atoms with Gasteiger partial charge >= 0.3 is 0 Å². The van der Waals surface area contributed by atoms with Crippen molar-refractivity contribution in [3.05, 3.63) is 52.8 Å². The van der Waals surface area contributed by atoms with Gasteiger partial charge in [-0.1, -0.05) is 12.1 Å². The molecule has 0 unspecified atom stereocenters. The molecule has 0 spiro atoms. The standard InChI is InChI=1S/C13H9BrFN3/c14-9-6-5-8(7-10(9)15)18-12-4-2-1-3-11(12)17-13(18)16/h1-7H,(H2,16,17). The van der Waals surface area contributed by atoms with Crippen molar-refractivity contribution in [2.24, 2.45) is 0 Å². The van der Waals surface area contributed by atoms with Crippen LogP contribution in [-0.2, 0) is 0 Å². The maximum Gasteiger partial charge on any atom is 0.205 e. The summed E-state index contributed by atoms with van der Waals surface area (Å²) in [5.74, 6) is 0.0163. The zero-order valence-electron chi connectivity index (χ0n) is 9.27. The third-order valence-electron chi connectivity index (χ3n) is 2.75. The average molecular weight is 306 g/mol. The smallest absolute Gasteiger partial charge is 0.205 e. The molecule has 3 aromatic rings. The maximum atomic E-state index is 13.6. The second kappa shape index (κ2) is 4.10. The first kappa shape index (κ1) is 11.2. The van der Waals surface area contributed by atoms with Crippen LogP contribution in [0.1, 0.15) is 0 Å². The van der Waals surface area contributed by atoms with E-state index in [-0.39, 0.29) is 5.82 Å². The van der Waals surface area contributed by atoms with Gasteiger partial charge in [0.1, 0.15) is 5.82 Å². The van der Waals surface area contributed by atoms with Gasteiger partial charge in [0.2, 0.25) is 5.95 Å². The molecule has 5 heteroatoms. The fourth-order valence-electron chi connectivity index (χ4n) is 1.94. The Kier molecular flexibility index (Phi) is 2.56. The van der Waals surface area contributed by atoms with Gasteiger partial charge in [-0.15, -0.1) is 0 Å². The van der Waals surface area contributed by atoms with Crippen LogP contribution in [0.5, 0.6) is 0 Å². The van der Waals surface area contributed by atoms with E-state index in [1.54, 1.807) is 16.7 Å². The number of fused-ring (bicyclic) bond motifs is 1. The van der Waals surface area contributed by atoms with Crippen LogP contribution in [-0.4, -0.2) is 9.55 Å². The molecule has 0 bridgehead atoms. The van der Waals surface area contributed by atoms with E-state index < -0.39 is 0 Å². The molecule has 0 aliphatic rings. The lowest BCUT2D eigenvalue weighted by atomic mass is 10.2. The molecule has 0 aliphatic carbocycles. The average Bonchev–Trinajstić information content (AvgIpc) is 2.69. The van der Waals surface area contributed by atoms with Crippen LogP contribution in [0.4, 0.5) is 10.3 Å². The summed E-state index contributed by atoms with van der Waals surface area (Å²) in [5, 5.41) is 0. The molecular formula is C13H9BrFN3. The molecule has 0 amide bonds. The topological polar surface area (TPSA) is 43.8 Å². The highest BCUT2D eigenvalue weighted by Crippen LogP contribution is 2.25. The van der Waals surface area contributed by atoms with Crippen molar-refractivity contribution < 1.29 is 4.39 Å². The molecule has 0 atom stereocenters. The third-order valence-corrected chi connectivity index (χ3v) is 3.39.